The monoisotopic (exact) mass is 432 g/mol. The molecule has 2 aliphatic rings. The molecule has 2 N–H and O–H groups in total. The standard InChI is InChI=1S/C22H22F2N3O2P/c23-15-2-5-17-18(13-15)22(28)26-25-20(17)11-14-1-6-19(24)21(12-14)30(29)9-7-27(8-10-30)16-3-4-16/h1-2,5-6,12-13,16,29H,3-4,7-11H2/p+1/i11D2. The average molecular weight is 432 g/mol. The number of hydrogen-bond donors (Lipinski definition) is 2. The Balaban J connectivity index is 1.55. The van der Waals surface area contributed by atoms with Crippen LogP contribution in [0, 0.1) is 11.6 Å². The highest BCUT2D eigenvalue weighted by Gasteiger charge is 2.46. The van der Waals surface area contributed by atoms with Gasteiger partial charge in [0.25, 0.3) is 5.56 Å². The van der Waals surface area contributed by atoms with Crippen molar-refractivity contribution in [3.8, 4) is 0 Å². The lowest BCUT2D eigenvalue weighted by Gasteiger charge is -2.32. The molecule has 3 aromatic rings. The second kappa shape index (κ2) is 7.49. The number of fused-ring (bicyclic) bond motifs is 1. The molecule has 1 aliphatic carbocycles. The van der Waals surface area contributed by atoms with Crippen molar-refractivity contribution in [2.45, 2.75) is 25.3 Å². The predicted molar refractivity (Wildman–Crippen MR) is 115 cm³/mol. The fourth-order valence-electron chi connectivity index (χ4n) is 4.14. The Morgan fingerprint density at radius 1 is 1.17 bits per heavy atom. The number of halogens is 2. The zero-order valence-corrected chi connectivity index (χ0v) is 17.1. The molecule has 0 bridgehead atoms. The Kier molecular flexibility index (Phi) is 4.36. The normalized spacial score (nSPS) is 20.8. The van der Waals surface area contributed by atoms with Crippen LogP contribution in [-0.4, -0.2) is 51.4 Å². The Labute approximate surface area is 176 Å². The molecule has 8 heteroatoms. The van der Waals surface area contributed by atoms with Crippen LogP contribution in [0.15, 0.2) is 41.2 Å². The topological polar surface area (TPSA) is 69.2 Å². The first-order valence-electron chi connectivity index (χ1n) is 11.0. The van der Waals surface area contributed by atoms with Gasteiger partial charge in [0.2, 0.25) is 0 Å². The lowest BCUT2D eigenvalue weighted by atomic mass is 10.0. The van der Waals surface area contributed by atoms with Crippen molar-refractivity contribution in [2.75, 3.05) is 25.4 Å². The minimum Gasteiger partial charge on any atom is -0.293 e. The van der Waals surface area contributed by atoms with Gasteiger partial charge < -0.3 is 0 Å². The molecule has 2 fully saturated rings. The van der Waals surface area contributed by atoms with Crippen molar-refractivity contribution in [1.29, 1.82) is 0 Å². The molecular formula is C22H23F2N3O2P+. The van der Waals surface area contributed by atoms with Crippen molar-refractivity contribution < 1.29 is 16.4 Å². The molecule has 0 amide bonds. The van der Waals surface area contributed by atoms with E-state index < -0.39 is 31.1 Å². The summed E-state index contributed by atoms with van der Waals surface area (Å²) < 4.78 is 46.0. The molecule has 5 rings (SSSR count). The molecule has 1 aromatic heterocycles. The number of nitrogens with one attached hydrogen (secondary N) is 1. The van der Waals surface area contributed by atoms with Crippen molar-refractivity contribution in [2.24, 2.45) is 0 Å². The molecule has 2 heterocycles. The van der Waals surface area contributed by atoms with Gasteiger partial charge >= 0.3 is 0 Å². The van der Waals surface area contributed by atoms with Crippen LogP contribution in [0.1, 0.15) is 26.8 Å². The van der Waals surface area contributed by atoms with Gasteiger partial charge in [-0.25, -0.2) is 18.8 Å². The maximum atomic E-state index is 14.8. The first-order chi connectivity index (χ1) is 15.2. The van der Waals surface area contributed by atoms with Crippen LogP contribution in [0.2, 0.25) is 0 Å². The number of benzene rings is 2. The van der Waals surface area contributed by atoms with E-state index in [1.165, 1.54) is 37.1 Å². The van der Waals surface area contributed by atoms with E-state index in [0.29, 0.717) is 31.5 Å². The van der Waals surface area contributed by atoms with Crippen molar-refractivity contribution in [1.82, 2.24) is 15.1 Å². The smallest absolute Gasteiger partial charge is 0.272 e. The van der Waals surface area contributed by atoms with E-state index in [2.05, 4.69) is 15.1 Å². The highest BCUT2D eigenvalue weighted by atomic mass is 31.2. The van der Waals surface area contributed by atoms with Gasteiger partial charge in [0.1, 0.15) is 18.1 Å². The van der Waals surface area contributed by atoms with E-state index in [-0.39, 0.29) is 27.3 Å². The SMILES string of the molecule is [2H]C([2H])(c1ccc(F)c([P+]2(O)CCN(C3CC3)CC2)c1)c1n[nH]c(=O)c2cc(F)ccc12. The molecule has 0 unspecified atom stereocenters. The minimum absolute atomic E-state index is 0.0141. The number of rotatable bonds is 4. The molecular weight excluding hydrogens is 407 g/mol. The maximum absolute atomic E-state index is 14.8. The maximum Gasteiger partial charge on any atom is 0.272 e. The lowest BCUT2D eigenvalue weighted by Crippen LogP contribution is -2.41. The zero-order chi connectivity index (χ0) is 22.7. The fraction of sp³-hybridized carbons (Fsp3) is 0.364. The van der Waals surface area contributed by atoms with Gasteiger partial charge in [-0.15, -0.1) is 0 Å². The third kappa shape index (κ3) is 3.66. The van der Waals surface area contributed by atoms with Gasteiger partial charge in [-0.1, -0.05) is 6.07 Å². The van der Waals surface area contributed by atoms with Gasteiger partial charge in [-0.3, -0.25) is 9.69 Å². The largest absolute Gasteiger partial charge is 0.293 e. The number of H-pyrrole nitrogens is 1. The summed E-state index contributed by atoms with van der Waals surface area (Å²) in [4.78, 5) is 25.8. The molecule has 0 spiro atoms. The van der Waals surface area contributed by atoms with Crippen LogP contribution in [0.3, 0.4) is 0 Å². The van der Waals surface area contributed by atoms with Crippen LogP contribution >= 0.6 is 7.49 Å². The number of nitrogens with zero attached hydrogens (tertiary/aromatic N) is 2. The molecule has 1 saturated heterocycles. The van der Waals surface area contributed by atoms with E-state index in [9.17, 15) is 18.5 Å². The Hall–Kier alpha value is -2.21. The average Bonchev–Trinajstić information content (AvgIpc) is 3.60. The van der Waals surface area contributed by atoms with Gasteiger partial charge in [0.15, 0.2) is 18.6 Å². The summed E-state index contributed by atoms with van der Waals surface area (Å²) in [5.74, 6) is -1.16. The second-order valence-corrected chi connectivity index (χ2v) is 11.2. The summed E-state index contributed by atoms with van der Waals surface area (Å²) in [6, 6.07) is 7.98. The molecule has 1 saturated carbocycles. The number of aromatic amines is 1. The molecule has 156 valence electrons. The quantitative estimate of drug-likeness (QED) is 0.623. The lowest BCUT2D eigenvalue weighted by molar-refractivity contribution is 0.282. The van der Waals surface area contributed by atoms with Gasteiger partial charge in [0, 0.05) is 33.6 Å². The molecule has 30 heavy (non-hydrogen) atoms. The van der Waals surface area contributed by atoms with Gasteiger partial charge in [0.05, 0.1) is 11.1 Å². The van der Waals surface area contributed by atoms with Crippen molar-refractivity contribution in [3.05, 3.63) is 69.6 Å². The first-order valence-corrected chi connectivity index (χ1v) is 12.1. The fourth-order valence-corrected chi connectivity index (χ4v) is 6.87. The highest BCUT2D eigenvalue weighted by molar-refractivity contribution is 7.77. The van der Waals surface area contributed by atoms with Gasteiger partial charge in [-0.05, 0) is 48.7 Å². The van der Waals surface area contributed by atoms with E-state index in [4.69, 9.17) is 2.74 Å². The van der Waals surface area contributed by atoms with E-state index >= 15 is 0 Å². The third-order valence-electron chi connectivity index (χ3n) is 5.99. The summed E-state index contributed by atoms with van der Waals surface area (Å²) in [6.45, 7) is 1.42. The van der Waals surface area contributed by atoms with E-state index in [1.807, 2.05) is 0 Å². The Morgan fingerprint density at radius 2 is 1.93 bits per heavy atom. The van der Waals surface area contributed by atoms with Crippen molar-refractivity contribution in [3.63, 3.8) is 0 Å². The Morgan fingerprint density at radius 3 is 2.67 bits per heavy atom. The number of aromatic nitrogens is 2. The van der Waals surface area contributed by atoms with Crippen LogP contribution < -0.4 is 10.9 Å². The van der Waals surface area contributed by atoms with E-state index in [1.54, 1.807) is 0 Å². The second-order valence-electron chi connectivity index (χ2n) is 8.02. The van der Waals surface area contributed by atoms with Crippen molar-refractivity contribution >= 4 is 23.6 Å². The van der Waals surface area contributed by atoms with E-state index in [0.717, 1.165) is 12.1 Å². The number of hydrogen-bond acceptors (Lipinski definition) is 4. The molecule has 2 aromatic carbocycles. The summed E-state index contributed by atoms with van der Waals surface area (Å²) >= 11 is 0. The zero-order valence-electron chi connectivity index (χ0n) is 18.2. The van der Waals surface area contributed by atoms with Gasteiger partial charge in [-0.2, -0.15) is 5.10 Å². The summed E-state index contributed by atoms with van der Waals surface area (Å²) in [7, 11) is -2.76. The predicted octanol–water partition coefficient (Wildman–Crippen LogP) is 2.82. The van der Waals surface area contributed by atoms with Crippen LogP contribution in [0.5, 0.6) is 0 Å². The molecule has 0 atom stereocenters. The van der Waals surface area contributed by atoms with Crippen LogP contribution in [-0.2, 0) is 6.37 Å². The Bertz CT molecular complexity index is 1260. The van der Waals surface area contributed by atoms with Crippen LogP contribution in [0.25, 0.3) is 10.8 Å². The first kappa shape index (κ1) is 17.5. The summed E-state index contributed by atoms with van der Waals surface area (Å²) in [6.07, 6.45) is 1.09. The summed E-state index contributed by atoms with van der Waals surface area (Å²) in [5.41, 5.74) is -0.600. The highest BCUT2D eigenvalue weighted by Crippen LogP contribution is 2.56. The molecule has 0 radical (unpaired) electrons. The molecule has 5 nitrogen and oxygen atoms in total. The molecule has 1 aliphatic heterocycles. The summed E-state index contributed by atoms with van der Waals surface area (Å²) in [5, 5.41) is 6.48. The third-order valence-corrected chi connectivity index (χ3v) is 9.10. The minimum atomic E-state index is -2.76. The van der Waals surface area contributed by atoms with Crippen LogP contribution in [0.4, 0.5) is 8.78 Å².